The van der Waals surface area contributed by atoms with Crippen molar-refractivity contribution in [1.29, 1.82) is 0 Å². The van der Waals surface area contributed by atoms with E-state index in [1.54, 1.807) is 24.3 Å². The Balaban J connectivity index is 1.29. The number of carbonyl (C=O) groups is 1. The highest BCUT2D eigenvalue weighted by molar-refractivity contribution is 5.88. The maximum absolute atomic E-state index is 11.0. The van der Waals surface area contributed by atoms with Gasteiger partial charge in [-0.2, -0.15) is 4.98 Å². The number of carboxylic acids is 1. The molecule has 3 aromatic rings. The Hall–Kier alpha value is -3.15. The summed E-state index contributed by atoms with van der Waals surface area (Å²) >= 11 is 0. The fourth-order valence-electron chi connectivity index (χ4n) is 5.60. The van der Waals surface area contributed by atoms with E-state index in [9.17, 15) is 9.90 Å². The Morgan fingerprint density at radius 1 is 1.00 bits per heavy atom. The van der Waals surface area contributed by atoms with E-state index < -0.39 is 5.97 Å². The van der Waals surface area contributed by atoms with E-state index in [0.717, 1.165) is 41.7 Å². The van der Waals surface area contributed by atoms with Crippen LogP contribution < -0.4 is 0 Å². The van der Waals surface area contributed by atoms with Gasteiger partial charge in [0.15, 0.2) is 0 Å². The summed E-state index contributed by atoms with van der Waals surface area (Å²) in [5, 5.41) is 23.6. The largest absolute Gasteiger partial charge is 0.508 e. The predicted molar refractivity (Wildman–Crippen MR) is 120 cm³/mol. The van der Waals surface area contributed by atoms with Crippen LogP contribution in [0.1, 0.15) is 60.9 Å². The number of aromatic carboxylic acids is 1. The Morgan fingerprint density at radius 3 is 2.44 bits per heavy atom. The average Bonchev–Trinajstić information content (AvgIpc) is 3.29. The van der Waals surface area contributed by atoms with Crippen LogP contribution in [0.5, 0.6) is 5.75 Å². The SMILES string of the molecule is O=C(O)c1ccc(-c2nc(-c3ccc(O)c(CCC4CC5CCCC(C5)C4)c3)no2)cc1. The molecule has 2 aromatic carbocycles. The van der Waals surface area contributed by atoms with Gasteiger partial charge in [0.1, 0.15) is 5.75 Å². The molecule has 2 N–H and O–H groups in total. The highest BCUT2D eigenvalue weighted by Crippen LogP contribution is 2.44. The van der Waals surface area contributed by atoms with Crippen molar-refractivity contribution in [2.45, 2.75) is 51.4 Å². The first-order chi connectivity index (χ1) is 15.5. The first kappa shape index (κ1) is 20.7. The number of rotatable bonds is 6. The molecule has 0 amide bonds. The Bertz CT molecular complexity index is 1090. The normalized spacial score (nSPS) is 22.6. The first-order valence-electron chi connectivity index (χ1n) is 11.5. The second-order valence-corrected chi connectivity index (χ2v) is 9.42. The molecule has 2 aliphatic carbocycles. The quantitative estimate of drug-likeness (QED) is 0.499. The van der Waals surface area contributed by atoms with E-state index in [1.165, 1.54) is 50.7 Å². The van der Waals surface area contributed by atoms with Gasteiger partial charge in [-0.05, 0) is 97.9 Å². The molecule has 6 nitrogen and oxygen atoms in total. The number of aromatic nitrogens is 2. The summed E-state index contributed by atoms with van der Waals surface area (Å²) in [6.07, 6.45) is 10.3. The lowest BCUT2D eigenvalue weighted by atomic mass is 9.67. The van der Waals surface area contributed by atoms with Gasteiger partial charge in [0, 0.05) is 11.1 Å². The van der Waals surface area contributed by atoms with E-state index in [4.69, 9.17) is 9.63 Å². The second kappa shape index (κ2) is 8.77. The minimum Gasteiger partial charge on any atom is -0.508 e. The zero-order valence-corrected chi connectivity index (χ0v) is 18.0. The molecule has 0 aliphatic heterocycles. The number of hydrogen-bond acceptors (Lipinski definition) is 5. The van der Waals surface area contributed by atoms with Crippen molar-refractivity contribution < 1.29 is 19.5 Å². The van der Waals surface area contributed by atoms with Crippen molar-refractivity contribution in [2.75, 3.05) is 0 Å². The monoisotopic (exact) mass is 432 g/mol. The van der Waals surface area contributed by atoms with Crippen molar-refractivity contribution in [2.24, 2.45) is 17.8 Å². The molecule has 2 saturated carbocycles. The Morgan fingerprint density at radius 2 is 1.72 bits per heavy atom. The standard InChI is InChI=1S/C26H28N2O4/c29-23-11-10-22(15-21(23)5-4-18-13-16-2-1-3-17(12-16)14-18)24-27-25(32-28-24)19-6-8-20(9-7-19)26(30)31/h6-11,15-18,29H,1-5,12-14H2,(H,30,31). The maximum atomic E-state index is 11.0. The molecule has 1 aromatic heterocycles. The molecule has 5 rings (SSSR count). The van der Waals surface area contributed by atoms with Crippen LogP contribution in [-0.2, 0) is 6.42 Å². The summed E-state index contributed by atoms with van der Waals surface area (Å²) in [6, 6.07) is 11.8. The zero-order valence-electron chi connectivity index (χ0n) is 18.0. The molecule has 0 saturated heterocycles. The minimum absolute atomic E-state index is 0.207. The van der Waals surface area contributed by atoms with E-state index in [-0.39, 0.29) is 5.56 Å². The van der Waals surface area contributed by atoms with Gasteiger partial charge in [-0.15, -0.1) is 0 Å². The summed E-state index contributed by atoms with van der Waals surface area (Å²) < 4.78 is 5.40. The number of carboxylic acid groups (broad SMARTS) is 1. The van der Waals surface area contributed by atoms with E-state index in [0.29, 0.717) is 23.0 Å². The van der Waals surface area contributed by atoms with E-state index >= 15 is 0 Å². The first-order valence-corrected chi connectivity index (χ1v) is 11.5. The number of nitrogens with zero attached hydrogens (tertiary/aromatic N) is 2. The molecular formula is C26H28N2O4. The molecule has 0 spiro atoms. The zero-order chi connectivity index (χ0) is 22.1. The van der Waals surface area contributed by atoms with Gasteiger partial charge in [-0.3, -0.25) is 0 Å². The summed E-state index contributed by atoms with van der Waals surface area (Å²) in [5.74, 6) is 2.71. The van der Waals surface area contributed by atoms with Crippen molar-refractivity contribution in [3.8, 4) is 28.6 Å². The number of fused-ring (bicyclic) bond motifs is 2. The summed E-state index contributed by atoms with van der Waals surface area (Å²) in [7, 11) is 0. The number of benzene rings is 2. The molecular weight excluding hydrogens is 404 g/mol. The van der Waals surface area contributed by atoms with Crippen LogP contribution in [0.4, 0.5) is 0 Å². The topological polar surface area (TPSA) is 96.5 Å². The molecule has 2 aliphatic rings. The minimum atomic E-state index is -0.976. The summed E-state index contributed by atoms with van der Waals surface area (Å²) in [6.45, 7) is 0. The third kappa shape index (κ3) is 4.40. The number of phenolic OH excluding ortho intramolecular Hbond substituents is 1. The lowest BCUT2D eigenvalue weighted by molar-refractivity contribution is 0.0697. The number of aryl methyl sites for hydroxylation is 1. The third-order valence-electron chi connectivity index (χ3n) is 7.19. The lowest BCUT2D eigenvalue weighted by Gasteiger charge is -2.39. The maximum Gasteiger partial charge on any atom is 0.335 e. The summed E-state index contributed by atoms with van der Waals surface area (Å²) in [4.78, 5) is 15.5. The van der Waals surface area contributed by atoms with Crippen molar-refractivity contribution in [3.05, 3.63) is 53.6 Å². The van der Waals surface area contributed by atoms with Crippen LogP contribution in [0.15, 0.2) is 47.0 Å². The predicted octanol–water partition coefficient (Wildman–Crippen LogP) is 5.96. The molecule has 0 radical (unpaired) electrons. The fourth-order valence-corrected chi connectivity index (χ4v) is 5.60. The molecule has 1 heterocycles. The van der Waals surface area contributed by atoms with Crippen molar-refractivity contribution >= 4 is 5.97 Å². The fraction of sp³-hybridized carbons (Fsp3) is 0.423. The molecule has 2 bridgehead atoms. The lowest BCUT2D eigenvalue weighted by Crippen LogP contribution is -2.27. The van der Waals surface area contributed by atoms with Gasteiger partial charge < -0.3 is 14.7 Å². The van der Waals surface area contributed by atoms with Crippen LogP contribution in [0, 0.1) is 17.8 Å². The Kier molecular flexibility index (Phi) is 5.68. The molecule has 166 valence electrons. The van der Waals surface area contributed by atoms with Gasteiger partial charge in [-0.25, -0.2) is 4.79 Å². The van der Waals surface area contributed by atoms with Crippen molar-refractivity contribution in [3.63, 3.8) is 0 Å². The van der Waals surface area contributed by atoms with E-state index in [2.05, 4.69) is 10.1 Å². The van der Waals surface area contributed by atoms with Gasteiger partial charge in [0.2, 0.25) is 5.82 Å². The van der Waals surface area contributed by atoms with Crippen LogP contribution in [0.25, 0.3) is 22.8 Å². The van der Waals surface area contributed by atoms with Gasteiger partial charge in [0.25, 0.3) is 5.89 Å². The van der Waals surface area contributed by atoms with Gasteiger partial charge in [0.05, 0.1) is 5.56 Å². The highest BCUT2D eigenvalue weighted by atomic mass is 16.5. The summed E-state index contributed by atoms with van der Waals surface area (Å²) in [5.41, 5.74) is 2.60. The number of aromatic hydroxyl groups is 1. The smallest absolute Gasteiger partial charge is 0.335 e. The average molecular weight is 433 g/mol. The molecule has 2 atom stereocenters. The van der Waals surface area contributed by atoms with E-state index in [1.807, 2.05) is 6.07 Å². The van der Waals surface area contributed by atoms with Crippen molar-refractivity contribution in [1.82, 2.24) is 10.1 Å². The molecule has 2 fully saturated rings. The Labute approximate surface area is 187 Å². The van der Waals surface area contributed by atoms with Crippen LogP contribution in [0.2, 0.25) is 0 Å². The molecule has 32 heavy (non-hydrogen) atoms. The third-order valence-corrected chi connectivity index (χ3v) is 7.19. The molecule has 6 heteroatoms. The van der Waals surface area contributed by atoms with Crippen LogP contribution >= 0.6 is 0 Å². The van der Waals surface area contributed by atoms with Gasteiger partial charge in [-0.1, -0.05) is 24.4 Å². The number of hydrogen-bond donors (Lipinski definition) is 2. The van der Waals surface area contributed by atoms with Crippen LogP contribution in [-0.4, -0.2) is 26.3 Å². The number of phenols is 1. The second-order valence-electron chi connectivity index (χ2n) is 9.42. The highest BCUT2D eigenvalue weighted by Gasteiger charge is 2.31. The molecule has 2 unspecified atom stereocenters. The van der Waals surface area contributed by atoms with Crippen LogP contribution in [0.3, 0.4) is 0 Å². The van der Waals surface area contributed by atoms with Gasteiger partial charge >= 0.3 is 5.97 Å².